The average Bonchev–Trinajstić information content (AvgIpc) is 2.71. The van der Waals surface area contributed by atoms with E-state index in [0.29, 0.717) is 30.4 Å². The first-order valence-corrected chi connectivity index (χ1v) is 9.80. The molecular weight excluding hydrogens is 389 g/mol. The number of halogens is 1. The normalized spacial score (nSPS) is 11.7. The van der Waals surface area contributed by atoms with Crippen LogP contribution < -0.4 is 20.1 Å². The molecule has 0 spiro atoms. The number of nitrogens with one attached hydrogen (secondary N) is 2. The third-order valence-corrected chi connectivity index (χ3v) is 4.39. The summed E-state index contributed by atoms with van der Waals surface area (Å²) in [7, 11) is 1.65. The van der Waals surface area contributed by atoms with Crippen LogP contribution in [0.1, 0.15) is 20.8 Å². The van der Waals surface area contributed by atoms with E-state index in [0.717, 1.165) is 0 Å². The molecule has 8 heteroatoms. The summed E-state index contributed by atoms with van der Waals surface area (Å²) in [6, 6.07) is 10.4. The van der Waals surface area contributed by atoms with Crippen LogP contribution in [0, 0.1) is 5.82 Å². The highest BCUT2D eigenvalue weighted by molar-refractivity contribution is 5.96. The number of nitrogens with zero attached hydrogens (tertiary/aromatic N) is 1. The molecular formula is C22H28FN3O4. The van der Waals surface area contributed by atoms with Gasteiger partial charge >= 0.3 is 0 Å². The molecule has 1 atom stereocenters. The van der Waals surface area contributed by atoms with Gasteiger partial charge in [0.05, 0.1) is 31.5 Å². The summed E-state index contributed by atoms with van der Waals surface area (Å²) in [5.41, 5.74) is 0.661. The predicted molar refractivity (Wildman–Crippen MR) is 115 cm³/mol. The highest BCUT2D eigenvalue weighted by Crippen LogP contribution is 2.30. The van der Waals surface area contributed by atoms with Gasteiger partial charge in [-0.05, 0) is 52.1 Å². The van der Waals surface area contributed by atoms with Crippen LogP contribution >= 0.6 is 0 Å². The SMILES string of the molecule is CCOc1ccc(NC(=O)CN(C)[C@H](C)C(=O)Nc2ccccc2F)cc1OCC. The molecule has 2 aromatic carbocycles. The van der Waals surface area contributed by atoms with Gasteiger partial charge < -0.3 is 20.1 Å². The predicted octanol–water partition coefficient (Wildman–Crippen LogP) is 3.52. The Bertz CT molecular complexity index is 875. The quantitative estimate of drug-likeness (QED) is 0.618. The number of anilines is 2. The molecule has 0 bridgehead atoms. The summed E-state index contributed by atoms with van der Waals surface area (Å²) < 4.78 is 24.8. The van der Waals surface area contributed by atoms with E-state index in [-0.39, 0.29) is 18.1 Å². The van der Waals surface area contributed by atoms with Crippen LogP contribution in [0.25, 0.3) is 0 Å². The van der Waals surface area contributed by atoms with Crippen LogP contribution in [0.4, 0.5) is 15.8 Å². The van der Waals surface area contributed by atoms with E-state index in [2.05, 4.69) is 10.6 Å². The van der Waals surface area contributed by atoms with Crippen molar-refractivity contribution < 1.29 is 23.5 Å². The maximum absolute atomic E-state index is 13.7. The van der Waals surface area contributed by atoms with Gasteiger partial charge in [-0.1, -0.05) is 12.1 Å². The molecule has 0 aliphatic rings. The fraction of sp³-hybridized carbons (Fsp3) is 0.364. The molecule has 30 heavy (non-hydrogen) atoms. The fourth-order valence-corrected chi connectivity index (χ4v) is 2.69. The Kier molecular flexibility index (Phi) is 8.61. The van der Waals surface area contributed by atoms with Crippen molar-refractivity contribution in [2.45, 2.75) is 26.8 Å². The first-order valence-electron chi connectivity index (χ1n) is 9.80. The lowest BCUT2D eigenvalue weighted by molar-refractivity contribution is -0.122. The van der Waals surface area contributed by atoms with E-state index in [1.54, 1.807) is 49.2 Å². The van der Waals surface area contributed by atoms with Crippen molar-refractivity contribution in [3.8, 4) is 11.5 Å². The van der Waals surface area contributed by atoms with Gasteiger partial charge in [0.15, 0.2) is 11.5 Å². The number of para-hydroxylation sites is 1. The van der Waals surface area contributed by atoms with Crippen LogP contribution in [0.2, 0.25) is 0 Å². The smallest absolute Gasteiger partial charge is 0.241 e. The van der Waals surface area contributed by atoms with Crippen molar-refractivity contribution in [3.63, 3.8) is 0 Å². The van der Waals surface area contributed by atoms with E-state index in [4.69, 9.17) is 9.47 Å². The van der Waals surface area contributed by atoms with E-state index in [1.807, 2.05) is 13.8 Å². The number of ether oxygens (including phenoxy) is 2. The molecule has 0 saturated carbocycles. The number of hydrogen-bond donors (Lipinski definition) is 2. The van der Waals surface area contributed by atoms with Crippen molar-refractivity contribution in [2.24, 2.45) is 0 Å². The molecule has 0 saturated heterocycles. The molecule has 0 aliphatic carbocycles. The van der Waals surface area contributed by atoms with Gasteiger partial charge in [-0.25, -0.2) is 4.39 Å². The summed E-state index contributed by atoms with van der Waals surface area (Å²) in [5, 5.41) is 5.32. The van der Waals surface area contributed by atoms with Crippen molar-refractivity contribution in [1.82, 2.24) is 4.90 Å². The van der Waals surface area contributed by atoms with E-state index in [1.165, 1.54) is 12.1 Å². The van der Waals surface area contributed by atoms with Crippen molar-refractivity contribution in [3.05, 3.63) is 48.3 Å². The van der Waals surface area contributed by atoms with Crippen LogP contribution in [-0.2, 0) is 9.59 Å². The third-order valence-electron chi connectivity index (χ3n) is 4.39. The summed E-state index contributed by atoms with van der Waals surface area (Å²) in [4.78, 5) is 26.4. The minimum absolute atomic E-state index is 0.0248. The topological polar surface area (TPSA) is 79.9 Å². The molecule has 0 heterocycles. The molecule has 2 aromatic rings. The number of rotatable bonds is 10. The molecule has 7 nitrogen and oxygen atoms in total. The number of carbonyl (C=O) groups is 2. The van der Waals surface area contributed by atoms with Crippen molar-refractivity contribution in [1.29, 1.82) is 0 Å². The molecule has 162 valence electrons. The number of amides is 2. The van der Waals surface area contributed by atoms with E-state index < -0.39 is 17.8 Å². The number of carbonyl (C=O) groups excluding carboxylic acids is 2. The Labute approximate surface area is 176 Å². The molecule has 0 unspecified atom stereocenters. The van der Waals surface area contributed by atoms with Crippen molar-refractivity contribution >= 4 is 23.2 Å². The van der Waals surface area contributed by atoms with Gasteiger partial charge in [-0.3, -0.25) is 14.5 Å². The van der Waals surface area contributed by atoms with Gasteiger partial charge in [0.2, 0.25) is 11.8 Å². The standard InChI is InChI=1S/C22H28FN3O4/c1-5-29-19-12-11-16(13-20(19)30-6-2)24-21(27)14-26(4)15(3)22(28)25-18-10-8-7-9-17(18)23/h7-13,15H,5-6,14H2,1-4H3,(H,24,27)(H,25,28)/t15-/m1/s1. The zero-order chi connectivity index (χ0) is 22.1. The second kappa shape index (κ2) is 11.2. The summed E-state index contributed by atoms with van der Waals surface area (Å²) in [6.45, 7) is 6.34. The first-order chi connectivity index (χ1) is 14.3. The molecule has 2 amide bonds. The third kappa shape index (κ3) is 6.45. The Hall–Kier alpha value is -3.13. The lowest BCUT2D eigenvalue weighted by Crippen LogP contribution is -2.43. The van der Waals surface area contributed by atoms with Gasteiger partial charge in [0, 0.05) is 11.8 Å². The minimum Gasteiger partial charge on any atom is -0.490 e. The van der Waals surface area contributed by atoms with Crippen LogP contribution in [-0.4, -0.2) is 49.6 Å². The maximum atomic E-state index is 13.7. The summed E-state index contributed by atoms with van der Waals surface area (Å²) >= 11 is 0. The van der Waals surface area contributed by atoms with E-state index in [9.17, 15) is 14.0 Å². The Morgan fingerprint density at radius 2 is 1.70 bits per heavy atom. The Balaban J connectivity index is 1.95. The molecule has 0 aliphatic heterocycles. The lowest BCUT2D eigenvalue weighted by Gasteiger charge is -2.23. The monoisotopic (exact) mass is 417 g/mol. The molecule has 0 aromatic heterocycles. The zero-order valence-corrected chi connectivity index (χ0v) is 17.7. The van der Waals surface area contributed by atoms with Crippen LogP contribution in [0.15, 0.2) is 42.5 Å². The van der Waals surface area contributed by atoms with E-state index >= 15 is 0 Å². The largest absolute Gasteiger partial charge is 0.490 e. The fourth-order valence-electron chi connectivity index (χ4n) is 2.69. The Morgan fingerprint density at radius 1 is 1.03 bits per heavy atom. The molecule has 0 radical (unpaired) electrons. The van der Waals surface area contributed by atoms with Gasteiger partial charge in [0.25, 0.3) is 0 Å². The second-order valence-electron chi connectivity index (χ2n) is 6.64. The lowest BCUT2D eigenvalue weighted by atomic mass is 10.2. The van der Waals surface area contributed by atoms with Crippen LogP contribution in [0.3, 0.4) is 0 Å². The summed E-state index contributed by atoms with van der Waals surface area (Å²) in [6.07, 6.45) is 0. The number of likely N-dealkylation sites (N-methyl/N-ethyl adjacent to an activating group) is 1. The Morgan fingerprint density at radius 3 is 2.37 bits per heavy atom. The number of benzene rings is 2. The van der Waals surface area contributed by atoms with Crippen molar-refractivity contribution in [2.75, 3.05) is 37.4 Å². The highest BCUT2D eigenvalue weighted by atomic mass is 19.1. The molecule has 2 rings (SSSR count). The molecule has 2 N–H and O–H groups in total. The second-order valence-corrected chi connectivity index (χ2v) is 6.64. The van der Waals surface area contributed by atoms with Gasteiger partial charge in [0.1, 0.15) is 5.82 Å². The minimum atomic E-state index is -0.644. The first kappa shape index (κ1) is 23.2. The highest BCUT2D eigenvalue weighted by Gasteiger charge is 2.21. The average molecular weight is 417 g/mol. The molecule has 0 fully saturated rings. The summed E-state index contributed by atoms with van der Waals surface area (Å²) in [5.74, 6) is -0.0696. The van der Waals surface area contributed by atoms with Gasteiger partial charge in [-0.2, -0.15) is 0 Å². The van der Waals surface area contributed by atoms with Gasteiger partial charge in [-0.15, -0.1) is 0 Å². The maximum Gasteiger partial charge on any atom is 0.241 e. The zero-order valence-electron chi connectivity index (χ0n) is 17.7. The number of hydrogen-bond acceptors (Lipinski definition) is 5. The van der Waals surface area contributed by atoms with Crippen LogP contribution in [0.5, 0.6) is 11.5 Å².